The average molecular weight is 332 g/mol. The Balaban J connectivity index is 2.36. The maximum atomic E-state index is 12.7. The van der Waals surface area contributed by atoms with Gasteiger partial charge in [-0.25, -0.2) is 22.0 Å². The first-order valence-electron chi connectivity index (χ1n) is 6.88. The van der Waals surface area contributed by atoms with Gasteiger partial charge >= 0.3 is 0 Å². The van der Waals surface area contributed by atoms with E-state index in [0.717, 1.165) is 18.9 Å². The molecule has 0 atom stereocenters. The quantitative estimate of drug-likeness (QED) is 0.809. The largest absolute Gasteiger partial charge is 0.243 e. The lowest BCUT2D eigenvalue weighted by Crippen LogP contribution is -2.33. The Bertz CT molecular complexity index is 709. The van der Waals surface area contributed by atoms with Gasteiger partial charge in [-0.3, -0.25) is 0 Å². The molecule has 1 aromatic carbocycles. The Kier molecular flexibility index (Phi) is 4.72. The standard InChI is InChI=1S/C13H20N2O4S2/c1-2-8-15(10-11-6-7-11)21(18,19)13-5-3-4-12(9-13)20(14,16)17/h3-5,9,11H,2,6-8,10H2,1H3,(H2,14,16,17). The van der Waals surface area contributed by atoms with E-state index in [9.17, 15) is 16.8 Å². The van der Waals surface area contributed by atoms with E-state index in [2.05, 4.69) is 0 Å². The highest BCUT2D eigenvalue weighted by Crippen LogP contribution is 2.32. The molecule has 1 aliphatic carbocycles. The summed E-state index contributed by atoms with van der Waals surface area (Å²) in [6.07, 6.45) is 2.81. The molecule has 1 aromatic rings. The molecule has 1 fully saturated rings. The Morgan fingerprint density at radius 3 is 2.33 bits per heavy atom. The van der Waals surface area contributed by atoms with Gasteiger partial charge in [0.2, 0.25) is 20.0 Å². The average Bonchev–Trinajstić information content (AvgIpc) is 3.21. The second-order valence-electron chi connectivity index (χ2n) is 5.33. The smallest absolute Gasteiger partial charge is 0.225 e. The van der Waals surface area contributed by atoms with Crippen LogP contribution in [0.2, 0.25) is 0 Å². The number of nitrogens with two attached hydrogens (primary N) is 1. The summed E-state index contributed by atoms with van der Waals surface area (Å²) >= 11 is 0. The van der Waals surface area contributed by atoms with Crippen molar-refractivity contribution in [3.8, 4) is 0 Å². The summed E-state index contributed by atoms with van der Waals surface area (Å²) in [5, 5.41) is 5.06. The van der Waals surface area contributed by atoms with Crippen molar-refractivity contribution in [3.05, 3.63) is 24.3 Å². The molecule has 6 nitrogen and oxygen atoms in total. The molecule has 0 amide bonds. The predicted molar refractivity (Wildman–Crippen MR) is 79.6 cm³/mol. The lowest BCUT2D eigenvalue weighted by molar-refractivity contribution is 0.395. The molecule has 2 rings (SSSR count). The normalized spacial score (nSPS) is 16.3. The fraction of sp³-hybridized carbons (Fsp3) is 0.538. The summed E-state index contributed by atoms with van der Waals surface area (Å²) < 4.78 is 49.5. The highest BCUT2D eigenvalue weighted by atomic mass is 32.2. The zero-order chi connectivity index (χ0) is 15.7. The van der Waals surface area contributed by atoms with Crippen LogP contribution < -0.4 is 5.14 Å². The van der Waals surface area contributed by atoms with Gasteiger partial charge in [0.15, 0.2) is 0 Å². The van der Waals surface area contributed by atoms with Gasteiger partial charge in [0.25, 0.3) is 0 Å². The molecular formula is C13H20N2O4S2. The number of benzene rings is 1. The minimum atomic E-state index is -3.92. The minimum Gasteiger partial charge on any atom is -0.225 e. The van der Waals surface area contributed by atoms with Gasteiger partial charge in [-0.1, -0.05) is 13.0 Å². The molecule has 0 radical (unpaired) electrons. The van der Waals surface area contributed by atoms with Gasteiger partial charge in [0.05, 0.1) is 9.79 Å². The summed E-state index contributed by atoms with van der Waals surface area (Å²) in [6.45, 7) is 2.84. The Hall–Kier alpha value is -0.960. The molecule has 0 bridgehead atoms. The van der Waals surface area contributed by atoms with Crippen LogP contribution in [0.4, 0.5) is 0 Å². The van der Waals surface area contributed by atoms with Crippen molar-refractivity contribution in [2.24, 2.45) is 11.1 Å². The van der Waals surface area contributed by atoms with E-state index in [-0.39, 0.29) is 9.79 Å². The van der Waals surface area contributed by atoms with E-state index in [1.165, 1.54) is 22.5 Å². The number of sulfonamides is 2. The van der Waals surface area contributed by atoms with Gasteiger partial charge in [-0.15, -0.1) is 0 Å². The van der Waals surface area contributed by atoms with Crippen molar-refractivity contribution in [1.29, 1.82) is 0 Å². The summed E-state index contributed by atoms with van der Waals surface area (Å²) in [5.74, 6) is 0.424. The topological polar surface area (TPSA) is 97.5 Å². The molecular weight excluding hydrogens is 312 g/mol. The van der Waals surface area contributed by atoms with Gasteiger partial charge in [-0.05, 0) is 43.4 Å². The van der Waals surface area contributed by atoms with Crippen LogP contribution in [0.5, 0.6) is 0 Å². The van der Waals surface area contributed by atoms with Crippen LogP contribution >= 0.6 is 0 Å². The fourth-order valence-corrected chi connectivity index (χ4v) is 4.40. The van der Waals surface area contributed by atoms with Crippen LogP contribution in [0.15, 0.2) is 34.1 Å². The maximum absolute atomic E-state index is 12.7. The van der Waals surface area contributed by atoms with Crippen molar-refractivity contribution < 1.29 is 16.8 Å². The first-order valence-corrected chi connectivity index (χ1v) is 9.87. The number of hydrogen-bond acceptors (Lipinski definition) is 4. The maximum Gasteiger partial charge on any atom is 0.243 e. The summed E-state index contributed by atoms with van der Waals surface area (Å²) in [5.41, 5.74) is 0. The molecule has 1 aliphatic rings. The molecule has 0 aromatic heterocycles. The zero-order valence-electron chi connectivity index (χ0n) is 11.9. The number of primary sulfonamides is 1. The highest BCUT2D eigenvalue weighted by molar-refractivity contribution is 7.90. The molecule has 1 saturated carbocycles. The van der Waals surface area contributed by atoms with E-state index in [0.29, 0.717) is 25.4 Å². The third kappa shape index (κ3) is 4.03. The predicted octanol–water partition coefficient (Wildman–Crippen LogP) is 1.14. The second kappa shape index (κ2) is 6.04. The number of hydrogen-bond donors (Lipinski definition) is 1. The van der Waals surface area contributed by atoms with Crippen LogP contribution in [0.1, 0.15) is 26.2 Å². The Labute approximate surface area is 126 Å². The van der Waals surface area contributed by atoms with Gasteiger partial charge in [-0.2, -0.15) is 4.31 Å². The summed E-state index contributed by atoms with van der Waals surface area (Å²) in [6, 6.07) is 5.22. The molecule has 2 N–H and O–H groups in total. The molecule has 0 saturated heterocycles. The molecule has 118 valence electrons. The van der Waals surface area contributed by atoms with Crippen molar-refractivity contribution in [2.75, 3.05) is 13.1 Å². The molecule has 0 heterocycles. The van der Waals surface area contributed by atoms with Crippen LogP contribution in [0, 0.1) is 5.92 Å². The zero-order valence-corrected chi connectivity index (χ0v) is 13.5. The first kappa shape index (κ1) is 16.4. The Morgan fingerprint density at radius 2 is 1.81 bits per heavy atom. The van der Waals surface area contributed by atoms with Crippen molar-refractivity contribution in [1.82, 2.24) is 4.31 Å². The van der Waals surface area contributed by atoms with E-state index in [4.69, 9.17) is 5.14 Å². The number of rotatable bonds is 7. The van der Waals surface area contributed by atoms with Gasteiger partial charge in [0.1, 0.15) is 0 Å². The summed E-state index contributed by atoms with van der Waals surface area (Å²) in [7, 11) is -7.60. The van der Waals surface area contributed by atoms with Gasteiger partial charge < -0.3 is 0 Å². The van der Waals surface area contributed by atoms with Gasteiger partial charge in [0, 0.05) is 13.1 Å². The SMILES string of the molecule is CCCN(CC1CC1)S(=O)(=O)c1cccc(S(N)(=O)=O)c1. The van der Waals surface area contributed by atoms with Crippen molar-refractivity contribution in [3.63, 3.8) is 0 Å². The number of nitrogens with zero attached hydrogens (tertiary/aromatic N) is 1. The monoisotopic (exact) mass is 332 g/mol. The molecule has 8 heteroatoms. The van der Waals surface area contributed by atoms with E-state index < -0.39 is 20.0 Å². The van der Waals surface area contributed by atoms with Crippen LogP contribution in [0.3, 0.4) is 0 Å². The third-order valence-corrected chi connectivity index (χ3v) is 6.18. The Morgan fingerprint density at radius 1 is 1.19 bits per heavy atom. The van der Waals surface area contributed by atoms with Crippen LogP contribution in [0.25, 0.3) is 0 Å². The van der Waals surface area contributed by atoms with E-state index in [1.807, 2.05) is 6.92 Å². The second-order valence-corrected chi connectivity index (χ2v) is 8.83. The first-order chi connectivity index (χ1) is 9.75. The lowest BCUT2D eigenvalue weighted by atomic mass is 10.4. The van der Waals surface area contributed by atoms with Crippen LogP contribution in [-0.2, 0) is 20.0 Å². The molecule has 0 aliphatic heterocycles. The highest BCUT2D eigenvalue weighted by Gasteiger charge is 2.31. The van der Waals surface area contributed by atoms with Crippen molar-refractivity contribution in [2.45, 2.75) is 36.0 Å². The van der Waals surface area contributed by atoms with Crippen LogP contribution in [-0.4, -0.2) is 34.2 Å². The molecule has 0 spiro atoms. The van der Waals surface area contributed by atoms with E-state index >= 15 is 0 Å². The summed E-state index contributed by atoms with van der Waals surface area (Å²) in [4.78, 5) is -0.213. The lowest BCUT2D eigenvalue weighted by Gasteiger charge is -2.21. The molecule has 21 heavy (non-hydrogen) atoms. The van der Waals surface area contributed by atoms with E-state index in [1.54, 1.807) is 0 Å². The van der Waals surface area contributed by atoms with Crippen molar-refractivity contribution >= 4 is 20.0 Å². The third-order valence-electron chi connectivity index (χ3n) is 3.40. The molecule has 0 unspecified atom stereocenters. The fourth-order valence-electron chi connectivity index (χ4n) is 2.11. The minimum absolute atomic E-state index is 0.0249.